The van der Waals surface area contributed by atoms with E-state index in [9.17, 15) is 4.32 Å². The summed E-state index contributed by atoms with van der Waals surface area (Å²) in [5, 5.41) is 0. The van der Waals surface area contributed by atoms with E-state index in [1.807, 2.05) is 0 Å². The fourth-order valence-corrected chi connectivity index (χ4v) is 0. The molecule has 0 aliphatic heterocycles. The zero-order valence-corrected chi connectivity index (χ0v) is 4.31. The van der Waals surface area contributed by atoms with Gasteiger partial charge in [0.1, 0.15) is 0 Å². The van der Waals surface area contributed by atoms with Gasteiger partial charge in [-0.05, 0) is 0 Å². The van der Waals surface area contributed by atoms with Crippen LogP contribution < -0.4 is 0 Å². The third-order valence-corrected chi connectivity index (χ3v) is 0. The summed E-state index contributed by atoms with van der Waals surface area (Å²) >= 11 is 0. The molecule has 0 amide bonds. The molecule has 0 heterocycles. The minimum absolute atomic E-state index is 0.500. The number of hydrogen-bond acceptors (Lipinski definition) is 2. The third kappa shape index (κ3) is 4800. The van der Waals surface area contributed by atoms with Crippen molar-refractivity contribution in [2.45, 2.75) is 0 Å². The Hall–Kier alpha value is -0.135. The van der Waals surface area contributed by atoms with Crippen molar-refractivity contribution in [2.24, 2.45) is 0 Å². The van der Waals surface area contributed by atoms with Gasteiger partial charge in [0, 0.05) is 0 Å². The lowest BCUT2D eigenvalue weighted by Gasteiger charge is -1.68. The van der Waals surface area contributed by atoms with Crippen LogP contribution in [0.4, 0.5) is 4.32 Å². The van der Waals surface area contributed by atoms with Gasteiger partial charge < -0.3 is 4.32 Å². The topological polar surface area (TPSA) is 74.6 Å². The van der Waals surface area contributed by atoms with Gasteiger partial charge in [-0.1, -0.05) is 0 Å². The molecule has 0 spiro atoms. The Bertz CT molecular complexity index is 94.9. The summed E-state index contributed by atoms with van der Waals surface area (Å²) in [6, 6.07) is 0. The quantitative estimate of drug-likeness (QED) is 0.320. The maximum absolute atomic E-state index is 9.50. The van der Waals surface area contributed by atoms with Crippen LogP contribution in [0, 0.1) is 0 Å². The van der Waals surface area contributed by atoms with Gasteiger partial charge in [0.2, 0.25) is 0 Å². The Morgan fingerprint density at radius 3 is 1.29 bits per heavy atom. The van der Waals surface area contributed by atoms with Gasteiger partial charge in [-0.2, -0.15) is 8.42 Å². The summed E-state index contributed by atoms with van der Waals surface area (Å²) in [5.41, 5.74) is 0. The molecule has 0 bridgehead atoms. The molecule has 4 nitrogen and oxygen atoms in total. The first-order chi connectivity index (χ1) is 3.00. The largest absolute Gasteiger partial charge is 0.394 e. The molecule has 0 saturated heterocycles. The van der Waals surface area contributed by atoms with Gasteiger partial charge in [0.05, 0.1) is 0 Å². The number of hydrogen-bond donors (Lipinski definition) is 2. The van der Waals surface area contributed by atoms with Crippen LogP contribution in [0.5, 0.6) is 0 Å². The molecular formula is H4BFO4S. The summed E-state index contributed by atoms with van der Waals surface area (Å²) < 4.78 is 41.1. The van der Waals surface area contributed by atoms with Gasteiger partial charge in [0.15, 0.2) is 0 Å². The Balaban J connectivity index is 0. The van der Waals surface area contributed by atoms with Crippen molar-refractivity contribution in [1.82, 2.24) is 0 Å². The minimum atomic E-state index is -4.67. The van der Waals surface area contributed by atoms with Gasteiger partial charge in [-0.15, -0.1) is 0 Å². The van der Waals surface area contributed by atoms with Gasteiger partial charge in [-0.25, -0.2) is 0 Å². The summed E-state index contributed by atoms with van der Waals surface area (Å²) in [5.74, 6) is 0. The van der Waals surface area contributed by atoms with Crippen LogP contribution in [0.15, 0.2) is 0 Å². The summed E-state index contributed by atoms with van der Waals surface area (Å²) in [7, 11) is -4.17. The van der Waals surface area contributed by atoms with E-state index in [-0.39, 0.29) is 0 Å². The molecule has 7 heteroatoms. The van der Waals surface area contributed by atoms with E-state index in [1.54, 1.807) is 0 Å². The standard InChI is InChI=1S/BFH2.H2O4S/c1-2;1-5(2,3)4/h1H2;(H2,1,2,3,4). The molecule has 0 radical (unpaired) electrons. The molecule has 0 fully saturated rings. The van der Waals surface area contributed by atoms with Crippen molar-refractivity contribution in [2.75, 3.05) is 0 Å². The van der Waals surface area contributed by atoms with Crippen molar-refractivity contribution in [1.29, 1.82) is 0 Å². The van der Waals surface area contributed by atoms with Crippen LogP contribution in [0.3, 0.4) is 0 Å². The molecule has 2 N–H and O–H groups in total. The first-order valence-electron chi connectivity index (χ1n) is 1.08. The van der Waals surface area contributed by atoms with E-state index in [0.29, 0.717) is 8.12 Å². The Morgan fingerprint density at radius 1 is 1.29 bits per heavy atom. The molecule has 0 aromatic rings. The Morgan fingerprint density at radius 2 is 1.29 bits per heavy atom. The summed E-state index contributed by atoms with van der Waals surface area (Å²) in [4.78, 5) is 0. The molecule has 44 valence electrons. The lowest BCUT2D eigenvalue weighted by atomic mass is 10.7. The van der Waals surface area contributed by atoms with Crippen molar-refractivity contribution in [3.8, 4) is 0 Å². The van der Waals surface area contributed by atoms with Crippen LogP contribution in [0.25, 0.3) is 0 Å². The fraction of sp³-hybridized carbons (Fsp3) is 0. The van der Waals surface area contributed by atoms with E-state index in [4.69, 9.17) is 17.5 Å². The minimum Gasteiger partial charge on any atom is -0.347 e. The van der Waals surface area contributed by atoms with Crippen molar-refractivity contribution >= 4 is 18.5 Å². The lowest BCUT2D eigenvalue weighted by Crippen LogP contribution is -1.89. The highest BCUT2D eigenvalue weighted by molar-refractivity contribution is 7.79. The van der Waals surface area contributed by atoms with Gasteiger partial charge >= 0.3 is 18.5 Å². The molecular weight excluding hydrogens is 126 g/mol. The normalized spacial score (nSPS) is 9.00. The third-order valence-electron chi connectivity index (χ3n) is 0. The summed E-state index contributed by atoms with van der Waals surface area (Å²) in [6.45, 7) is 0. The zero-order valence-electron chi connectivity index (χ0n) is 3.50. The average molecular weight is 130 g/mol. The highest BCUT2D eigenvalue weighted by Crippen LogP contribution is 1.59. The van der Waals surface area contributed by atoms with Gasteiger partial charge in [-0.3, -0.25) is 9.11 Å². The molecule has 0 unspecified atom stereocenters. The maximum atomic E-state index is 9.50. The predicted molar refractivity (Wildman–Crippen MR) is 23.8 cm³/mol. The van der Waals surface area contributed by atoms with E-state index in [1.165, 1.54) is 0 Å². The second-order valence-corrected chi connectivity index (χ2v) is 1.34. The SMILES string of the molecule is BF.O=S(=O)(O)O. The molecule has 0 rings (SSSR count). The summed E-state index contributed by atoms with van der Waals surface area (Å²) in [6.07, 6.45) is 0. The highest BCUT2D eigenvalue weighted by Gasteiger charge is 1.84. The van der Waals surface area contributed by atoms with Crippen LogP contribution in [0.2, 0.25) is 0 Å². The van der Waals surface area contributed by atoms with Crippen molar-refractivity contribution in [3.63, 3.8) is 0 Å². The van der Waals surface area contributed by atoms with Crippen LogP contribution in [-0.4, -0.2) is 25.6 Å². The van der Waals surface area contributed by atoms with E-state index < -0.39 is 10.4 Å². The van der Waals surface area contributed by atoms with E-state index >= 15 is 0 Å². The van der Waals surface area contributed by atoms with Crippen molar-refractivity contribution in [3.05, 3.63) is 0 Å². The molecule has 7 heavy (non-hydrogen) atoms. The first kappa shape index (κ1) is 9.98. The van der Waals surface area contributed by atoms with Crippen molar-refractivity contribution < 1.29 is 21.8 Å². The number of rotatable bonds is 0. The average Bonchev–Trinajstić information content (AvgIpc) is 1.36. The van der Waals surface area contributed by atoms with Crippen LogP contribution >= 0.6 is 0 Å². The predicted octanol–water partition coefficient (Wildman–Crippen LogP) is -1.15. The molecule has 0 aliphatic carbocycles. The smallest absolute Gasteiger partial charge is 0.347 e. The maximum Gasteiger partial charge on any atom is 0.394 e. The Kier molecular flexibility index (Phi) is 5.75. The van der Waals surface area contributed by atoms with E-state index in [0.717, 1.165) is 0 Å². The van der Waals surface area contributed by atoms with Crippen LogP contribution in [-0.2, 0) is 10.4 Å². The monoisotopic (exact) mass is 130 g/mol. The fourth-order valence-electron chi connectivity index (χ4n) is 0. The molecule has 0 saturated carbocycles. The lowest BCUT2D eigenvalue weighted by molar-refractivity contribution is 0.381. The van der Waals surface area contributed by atoms with Gasteiger partial charge in [0.25, 0.3) is 0 Å². The second kappa shape index (κ2) is 4.04. The Labute approximate surface area is 41.4 Å². The molecule has 0 aromatic carbocycles. The molecule has 0 aliphatic rings. The first-order valence-corrected chi connectivity index (χ1v) is 2.47. The van der Waals surface area contributed by atoms with E-state index in [2.05, 4.69) is 0 Å². The highest BCUT2D eigenvalue weighted by atomic mass is 32.3. The zero-order chi connectivity index (χ0) is 6.50. The molecule has 0 aromatic heterocycles. The molecule has 0 atom stereocenters. The van der Waals surface area contributed by atoms with Crippen LogP contribution in [0.1, 0.15) is 0 Å². The second-order valence-electron chi connectivity index (χ2n) is 0.448. The number of halogens is 1.